The lowest BCUT2D eigenvalue weighted by atomic mass is 10.1. The van der Waals surface area contributed by atoms with Crippen molar-refractivity contribution in [2.75, 3.05) is 0 Å². The average molecular weight is 120 g/mol. The smallest absolute Gasteiger partial charge is 0.159 e. The number of rotatable bonds is 0. The van der Waals surface area contributed by atoms with Gasteiger partial charge in [-0.2, -0.15) is 0 Å². The molecule has 2 aliphatic carbocycles. The minimum atomic E-state index is 0.352. The van der Waals surface area contributed by atoms with Gasteiger partial charge in [0.2, 0.25) is 0 Å². The van der Waals surface area contributed by atoms with Crippen LogP contribution in [0.25, 0.3) is 0 Å². The number of carbonyl (C=O) groups is 1. The van der Waals surface area contributed by atoms with Crippen LogP contribution in [0.3, 0.4) is 0 Å². The molecule has 1 saturated carbocycles. The van der Waals surface area contributed by atoms with E-state index in [0.29, 0.717) is 11.7 Å². The number of allylic oxidation sites excluding steroid dienone is 4. The molecule has 2 aliphatic rings. The van der Waals surface area contributed by atoms with Crippen LogP contribution in [0.4, 0.5) is 0 Å². The topological polar surface area (TPSA) is 17.1 Å². The highest BCUT2D eigenvalue weighted by Gasteiger charge is 2.27. The van der Waals surface area contributed by atoms with Gasteiger partial charge >= 0.3 is 0 Å². The fraction of sp³-hybridized carbons (Fsp3) is 0.375. The molecule has 1 fully saturated rings. The molecule has 0 aliphatic heterocycles. The van der Waals surface area contributed by atoms with E-state index in [9.17, 15) is 4.79 Å². The Bertz CT molecular complexity index is 211. The second kappa shape index (κ2) is 1.56. The van der Waals surface area contributed by atoms with Crippen LogP contribution in [0.1, 0.15) is 12.8 Å². The van der Waals surface area contributed by atoms with E-state index in [0.717, 1.165) is 18.4 Å². The number of carbonyl (C=O) groups excluding carboxylic acids is 1. The molecular weight excluding hydrogens is 112 g/mol. The van der Waals surface area contributed by atoms with Crippen LogP contribution in [0, 0.1) is 5.92 Å². The highest BCUT2D eigenvalue weighted by molar-refractivity contribution is 5.99. The van der Waals surface area contributed by atoms with Crippen LogP contribution in [0.15, 0.2) is 23.8 Å². The Labute approximate surface area is 54.1 Å². The Kier molecular flexibility index (Phi) is 0.865. The van der Waals surface area contributed by atoms with Gasteiger partial charge in [-0.3, -0.25) is 4.79 Å². The molecule has 1 atom stereocenters. The molecule has 1 unspecified atom stereocenters. The van der Waals surface area contributed by atoms with Gasteiger partial charge < -0.3 is 0 Å². The largest absolute Gasteiger partial charge is 0.295 e. The van der Waals surface area contributed by atoms with Crippen LogP contribution in [-0.2, 0) is 4.79 Å². The maximum absolute atomic E-state index is 10.9. The normalized spacial score (nSPS) is 30.9. The Hall–Kier alpha value is -0.850. The Morgan fingerprint density at radius 3 is 3.22 bits per heavy atom. The van der Waals surface area contributed by atoms with E-state index >= 15 is 0 Å². The second-order valence-corrected chi connectivity index (χ2v) is 2.58. The lowest BCUT2D eigenvalue weighted by Gasteiger charge is -1.94. The molecule has 1 nitrogen and oxygen atoms in total. The third-order valence-electron chi connectivity index (χ3n) is 2.02. The molecular formula is C8H8O. The lowest BCUT2D eigenvalue weighted by molar-refractivity contribution is -0.114. The zero-order valence-electron chi connectivity index (χ0n) is 5.13. The quantitative estimate of drug-likeness (QED) is 0.473. The number of Topliss-reactive ketones (excluding diaryl/α,β-unsaturated/α-hetero) is 1. The fourth-order valence-electron chi connectivity index (χ4n) is 1.50. The van der Waals surface area contributed by atoms with Gasteiger partial charge in [0, 0.05) is 17.9 Å². The monoisotopic (exact) mass is 120 g/mol. The number of hydrogen-bond donors (Lipinski definition) is 0. The van der Waals surface area contributed by atoms with E-state index in [4.69, 9.17) is 0 Å². The summed E-state index contributed by atoms with van der Waals surface area (Å²) in [6.07, 6.45) is 7.85. The molecule has 2 rings (SSSR count). The average Bonchev–Trinajstić information content (AvgIpc) is 2.35. The van der Waals surface area contributed by atoms with E-state index in [-0.39, 0.29) is 0 Å². The number of ketones is 1. The summed E-state index contributed by atoms with van der Waals surface area (Å²) in [7, 11) is 0. The summed E-state index contributed by atoms with van der Waals surface area (Å²) >= 11 is 0. The molecule has 0 aromatic rings. The van der Waals surface area contributed by atoms with E-state index in [1.54, 1.807) is 0 Å². The van der Waals surface area contributed by atoms with Gasteiger partial charge in [-0.1, -0.05) is 18.2 Å². The van der Waals surface area contributed by atoms with Crippen molar-refractivity contribution in [3.8, 4) is 0 Å². The predicted octanol–water partition coefficient (Wildman–Crippen LogP) is 1.46. The Balaban J connectivity index is 2.38. The Morgan fingerprint density at radius 1 is 1.56 bits per heavy atom. The van der Waals surface area contributed by atoms with Crippen LogP contribution in [-0.4, -0.2) is 5.78 Å². The van der Waals surface area contributed by atoms with Gasteiger partial charge in [0.1, 0.15) is 0 Å². The molecule has 1 heteroatoms. The predicted molar refractivity (Wildman–Crippen MR) is 35.0 cm³/mol. The zero-order valence-corrected chi connectivity index (χ0v) is 5.13. The first-order valence-corrected chi connectivity index (χ1v) is 3.29. The summed E-state index contributed by atoms with van der Waals surface area (Å²) in [5, 5.41) is 0. The van der Waals surface area contributed by atoms with Gasteiger partial charge in [-0.25, -0.2) is 0 Å². The van der Waals surface area contributed by atoms with Gasteiger partial charge in [-0.05, 0) is 6.42 Å². The summed E-state index contributed by atoms with van der Waals surface area (Å²) in [5.41, 5.74) is 1.04. The summed E-state index contributed by atoms with van der Waals surface area (Å²) in [6.45, 7) is 0. The first kappa shape index (κ1) is 4.98. The van der Waals surface area contributed by atoms with E-state index in [1.807, 2.05) is 12.2 Å². The highest BCUT2D eigenvalue weighted by atomic mass is 16.1. The number of fused-ring (bicyclic) bond motifs is 1. The maximum Gasteiger partial charge on any atom is 0.159 e. The first-order chi connectivity index (χ1) is 4.38. The van der Waals surface area contributed by atoms with E-state index < -0.39 is 0 Å². The zero-order chi connectivity index (χ0) is 6.27. The molecule has 0 heterocycles. The molecule has 9 heavy (non-hydrogen) atoms. The Morgan fingerprint density at radius 2 is 2.44 bits per heavy atom. The van der Waals surface area contributed by atoms with Crippen molar-refractivity contribution >= 4 is 5.78 Å². The van der Waals surface area contributed by atoms with Crippen LogP contribution in [0.2, 0.25) is 0 Å². The van der Waals surface area contributed by atoms with E-state index in [1.165, 1.54) is 0 Å². The molecule has 0 amide bonds. The summed E-state index contributed by atoms with van der Waals surface area (Å²) in [4.78, 5) is 10.9. The van der Waals surface area contributed by atoms with Crippen LogP contribution < -0.4 is 0 Å². The van der Waals surface area contributed by atoms with Crippen LogP contribution in [0.5, 0.6) is 0 Å². The third kappa shape index (κ3) is 0.576. The second-order valence-electron chi connectivity index (χ2n) is 2.58. The molecule has 0 spiro atoms. The molecule has 0 saturated heterocycles. The number of hydrogen-bond acceptors (Lipinski definition) is 1. The van der Waals surface area contributed by atoms with Gasteiger partial charge in [0.25, 0.3) is 0 Å². The molecule has 0 bridgehead atoms. The van der Waals surface area contributed by atoms with Gasteiger partial charge in [-0.15, -0.1) is 0 Å². The fourth-order valence-corrected chi connectivity index (χ4v) is 1.50. The van der Waals surface area contributed by atoms with Crippen LogP contribution >= 0.6 is 0 Å². The van der Waals surface area contributed by atoms with Crippen molar-refractivity contribution in [1.82, 2.24) is 0 Å². The van der Waals surface area contributed by atoms with Crippen molar-refractivity contribution in [2.45, 2.75) is 12.8 Å². The standard InChI is InChI=1S/C8H8O/c9-8-5-4-6-2-1-3-7(6)8/h1-3,6H,4-5H2. The van der Waals surface area contributed by atoms with Crippen molar-refractivity contribution in [3.05, 3.63) is 23.8 Å². The molecule has 0 radical (unpaired) electrons. The molecule has 0 aromatic carbocycles. The molecule has 0 N–H and O–H groups in total. The van der Waals surface area contributed by atoms with E-state index in [2.05, 4.69) is 6.08 Å². The van der Waals surface area contributed by atoms with Crippen molar-refractivity contribution in [2.24, 2.45) is 5.92 Å². The van der Waals surface area contributed by atoms with Gasteiger partial charge in [0.15, 0.2) is 5.78 Å². The molecule has 46 valence electrons. The minimum Gasteiger partial charge on any atom is -0.295 e. The maximum atomic E-state index is 10.9. The highest BCUT2D eigenvalue weighted by Crippen LogP contribution is 2.32. The summed E-state index contributed by atoms with van der Waals surface area (Å²) < 4.78 is 0. The van der Waals surface area contributed by atoms with Gasteiger partial charge in [0.05, 0.1) is 0 Å². The van der Waals surface area contributed by atoms with Crippen molar-refractivity contribution < 1.29 is 4.79 Å². The van der Waals surface area contributed by atoms with Crippen molar-refractivity contribution in [3.63, 3.8) is 0 Å². The summed E-state index contributed by atoms with van der Waals surface area (Å²) in [5.74, 6) is 0.836. The van der Waals surface area contributed by atoms with Crippen molar-refractivity contribution in [1.29, 1.82) is 0 Å². The molecule has 0 aromatic heterocycles. The lowest BCUT2D eigenvalue weighted by Crippen LogP contribution is -1.93. The third-order valence-corrected chi connectivity index (χ3v) is 2.02. The summed E-state index contributed by atoms with van der Waals surface area (Å²) in [6, 6.07) is 0. The SMILES string of the molecule is O=C1CCC2C=CC=C12. The minimum absolute atomic E-state index is 0.352. The first-order valence-electron chi connectivity index (χ1n) is 3.29.